The lowest BCUT2D eigenvalue weighted by molar-refractivity contribution is 0.189. The molecule has 150 valence electrons. The number of carbonyl (C=O) groups excluding carboxylic acids is 1. The van der Waals surface area contributed by atoms with E-state index >= 15 is 0 Å². The Kier molecular flexibility index (Phi) is 5.50. The van der Waals surface area contributed by atoms with Gasteiger partial charge in [-0.05, 0) is 55.9 Å². The molecule has 0 atom stereocenters. The van der Waals surface area contributed by atoms with Gasteiger partial charge in [0.25, 0.3) is 0 Å². The fraction of sp³-hybridized carbons (Fsp3) is 0.333. The monoisotopic (exact) mass is 396 g/mol. The summed E-state index contributed by atoms with van der Waals surface area (Å²) in [5.74, 6) is 0.781. The van der Waals surface area contributed by atoms with Crippen LogP contribution in [0.15, 0.2) is 47.5 Å². The summed E-state index contributed by atoms with van der Waals surface area (Å²) < 4.78 is 25.0. The molecular weight excluding hydrogens is 375 g/mol. The third-order valence-electron chi connectivity index (χ3n) is 5.14. The number of ether oxygens (including phenoxy) is 1. The molecule has 1 aromatic carbocycles. The third-order valence-corrected chi connectivity index (χ3v) is 5.14. The van der Waals surface area contributed by atoms with Gasteiger partial charge in [-0.3, -0.25) is 4.98 Å². The summed E-state index contributed by atoms with van der Waals surface area (Å²) in [6.45, 7) is 2.22. The quantitative estimate of drug-likeness (QED) is 0.693. The zero-order valence-corrected chi connectivity index (χ0v) is 16.0. The molecule has 2 heterocycles. The Labute approximate surface area is 167 Å². The van der Waals surface area contributed by atoms with Gasteiger partial charge in [-0.2, -0.15) is 0 Å². The second-order valence-electron chi connectivity index (χ2n) is 7.34. The van der Waals surface area contributed by atoms with Gasteiger partial charge < -0.3 is 14.5 Å². The highest BCUT2D eigenvalue weighted by Gasteiger charge is 2.21. The van der Waals surface area contributed by atoms with Crippen LogP contribution in [-0.2, 0) is 0 Å². The number of halogens is 1. The Bertz CT molecular complexity index is 985. The van der Waals surface area contributed by atoms with E-state index < -0.39 is 11.9 Å². The van der Waals surface area contributed by atoms with Gasteiger partial charge in [-0.1, -0.05) is 6.92 Å². The topological polar surface area (TPSA) is 90.1 Å². The van der Waals surface area contributed by atoms with Crippen LogP contribution in [0.1, 0.15) is 32.6 Å². The molecule has 4 rings (SSSR count). The molecule has 8 heteroatoms. The Morgan fingerprint density at radius 3 is 2.72 bits per heavy atom. The van der Waals surface area contributed by atoms with Gasteiger partial charge in [0.2, 0.25) is 12.3 Å². The van der Waals surface area contributed by atoms with Gasteiger partial charge in [0, 0.05) is 29.6 Å². The molecule has 0 unspecified atom stereocenters. The van der Waals surface area contributed by atoms with Crippen LogP contribution < -0.4 is 10.1 Å². The lowest BCUT2D eigenvalue weighted by Crippen LogP contribution is -2.39. The van der Waals surface area contributed by atoms with Gasteiger partial charge in [0.1, 0.15) is 11.6 Å². The number of hydrogen-bond donors (Lipinski definition) is 1. The Balaban J connectivity index is 1.49. The van der Waals surface area contributed by atoms with Gasteiger partial charge in [-0.15, -0.1) is 10.2 Å². The van der Waals surface area contributed by atoms with E-state index in [0.29, 0.717) is 17.0 Å². The molecular formula is C21H21FN4O3. The van der Waals surface area contributed by atoms with Gasteiger partial charge in [-0.25, -0.2) is 9.18 Å². The predicted molar refractivity (Wildman–Crippen MR) is 104 cm³/mol. The summed E-state index contributed by atoms with van der Waals surface area (Å²) in [4.78, 5) is 16.4. The number of rotatable bonds is 4. The van der Waals surface area contributed by atoms with Crippen LogP contribution >= 0.6 is 0 Å². The van der Waals surface area contributed by atoms with Crippen LogP contribution in [0.2, 0.25) is 0 Å². The first-order valence-corrected chi connectivity index (χ1v) is 9.58. The van der Waals surface area contributed by atoms with Crippen molar-refractivity contribution in [2.45, 2.75) is 38.6 Å². The van der Waals surface area contributed by atoms with Crippen LogP contribution in [0.5, 0.6) is 5.75 Å². The van der Waals surface area contributed by atoms with Crippen molar-refractivity contribution in [2.24, 2.45) is 5.92 Å². The molecule has 0 aliphatic heterocycles. The summed E-state index contributed by atoms with van der Waals surface area (Å²) in [7, 11) is 0. The fourth-order valence-corrected chi connectivity index (χ4v) is 3.50. The number of hydrogen-bond acceptors (Lipinski definition) is 6. The van der Waals surface area contributed by atoms with Gasteiger partial charge in [0.05, 0.1) is 5.56 Å². The number of pyridine rings is 1. The average Bonchev–Trinajstić information content (AvgIpc) is 3.26. The van der Waals surface area contributed by atoms with Crippen molar-refractivity contribution < 1.29 is 18.3 Å². The van der Waals surface area contributed by atoms with Crippen molar-refractivity contribution in [2.75, 3.05) is 0 Å². The summed E-state index contributed by atoms with van der Waals surface area (Å²) in [5.41, 5.74) is 1.33. The first kappa shape index (κ1) is 19.0. The maximum Gasteiger partial charge on any atom is 0.412 e. The molecule has 29 heavy (non-hydrogen) atoms. The standard InChI is InChI=1S/C21H21FN4O3/c1-13-2-4-16(5-3-13)25-21(27)29-17-6-7-19(22)18(9-17)14-8-15(11-23-10-14)20-26-24-12-28-20/h6-13,16H,2-5H2,1H3,(H,25,27). The Morgan fingerprint density at radius 2 is 1.97 bits per heavy atom. The SMILES string of the molecule is CC1CCC(NC(=O)Oc2ccc(F)c(-c3cncc(-c4nnco4)c3)c2)CC1. The van der Waals surface area contributed by atoms with Crippen LogP contribution in [0.25, 0.3) is 22.6 Å². The number of benzene rings is 1. The van der Waals surface area contributed by atoms with Crippen molar-refractivity contribution in [1.29, 1.82) is 0 Å². The maximum atomic E-state index is 14.4. The number of nitrogens with zero attached hydrogens (tertiary/aromatic N) is 3. The molecule has 1 amide bonds. The first-order valence-electron chi connectivity index (χ1n) is 9.58. The van der Waals surface area contributed by atoms with Crippen molar-refractivity contribution in [3.63, 3.8) is 0 Å². The van der Waals surface area contributed by atoms with E-state index in [0.717, 1.165) is 25.7 Å². The Morgan fingerprint density at radius 1 is 1.17 bits per heavy atom. The predicted octanol–water partition coefficient (Wildman–Crippen LogP) is 4.60. The van der Waals surface area contributed by atoms with Gasteiger partial charge >= 0.3 is 6.09 Å². The van der Waals surface area contributed by atoms with E-state index in [9.17, 15) is 9.18 Å². The van der Waals surface area contributed by atoms with E-state index in [1.807, 2.05) is 0 Å². The summed E-state index contributed by atoms with van der Waals surface area (Å²) in [6, 6.07) is 5.98. The normalized spacial score (nSPS) is 19.0. The molecule has 1 fully saturated rings. The van der Waals surface area contributed by atoms with E-state index in [1.54, 1.807) is 12.3 Å². The highest BCUT2D eigenvalue weighted by Crippen LogP contribution is 2.29. The fourth-order valence-electron chi connectivity index (χ4n) is 3.50. The molecule has 3 aromatic rings. The first-order chi connectivity index (χ1) is 14.1. The summed E-state index contributed by atoms with van der Waals surface area (Å²) in [6.07, 6.45) is 7.82. The van der Waals surface area contributed by atoms with E-state index in [-0.39, 0.29) is 23.2 Å². The zero-order valence-electron chi connectivity index (χ0n) is 16.0. The smallest absolute Gasteiger partial charge is 0.412 e. The number of aromatic nitrogens is 3. The molecule has 0 bridgehead atoms. The van der Waals surface area contributed by atoms with E-state index in [1.165, 1.54) is 30.8 Å². The van der Waals surface area contributed by atoms with Crippen LogP contribution in [0.4, 0.5) is 9.18 Å². The average molecular weight is 396 g/mol. The third kappa shape index (κ3) is 4.59. The molecule has 2 aromatic heterocycles. The molecule has 1 saturated carbocycles. The molecule has 1 N–H and O–H groups in total. The lowest BCUT2D eigenvalue weighted by atomic mass is 9.87. The summed E-state index contributed by atoms with van der Waals surface area (Å²) >= 11 is 0. The minimum atomic E-state index is -0.528. The molecule has 0 radical (unpaired) electrons. The minimum absolute atomic E-state index is 0.119. The largest absolute Gasteiger partial charge is 0.423 e. The highest BCUT2D eigenvalue weighted by atomic mass is 19.1. The highest BCUT2D eigenvalue weighted by molar-refractivity contribution is 5.73. The van der Waals surface area contributed by atoms with Crippen molar-refractivity contribution >= 4 is 6.09 Å². The Hall–Kier alpha value is -3.29. The van der Waals surface area contributed by atoms with Crippen molar-refractivity contribution in [3.05, 3.63) is 48.9 Å². The van der Waals surface area contributed by atoms with Crippen LogP contribution in [0.3, 0.4) is 0 Å². The second-order valence-corrected chi connectivity index (χ2v) is 7.34. The summed E-state index contributed by atoms with van der Waals surface area (Å²) in [5, 5.41) is 10.4. The van der Waals surface area contributed by atoms with Crippen molar-refractivity contribution in [3.8, 4) is 28.3 Å². The van der Waals surface area contributed by atoms with E-state index in [4.69, 9.17) is 9.15 Å². The zero-order chi connectivity index (χ0) is 20.2. The van der Waals surface area contributed by atoms with Crippen molar-refractivity contribution in [1.82, 2.24) is 20.5 Å². The van der Waals surface area contributed by atoms with Crippen LogP contribution in [0, 0.1) is 11.7 Å². The van der Waals surface area contributed by atoms with E-state index in [2.05, 4.69) is 27.4 Å². The minimum Gasteiger partial charge on any atom is -0.423 e. The second kappa shape index (κ2) is 8.38. The number of nitrogens with one attached hydrogen (secondary N) is 1. The molecule has 1 aliphatic carbocycles. The molecule has 0 saturated heterocycles. The van der Waals surface area contributed by atoms with Gasteiger partial charge in [0.15, 0.2) is 0 Å². The maximum absolute atomic E-state index is 14.4. The molecule has 7 nitrogen and oxygen atoms in total. The number of carbonyl (C=O) groups is 1. The van der Waals surface area contributed by atoms with Crippen LogP contribution in [-0.4, -0.2) is 27.3 Å². The lowest BCUT2D eigenvalue weighted by Gasteiger charge is -2.26. The number of amides is 1. The molecule has 0 spiro atoms. The molecule has 1 aliphatic rings.